The van der Waals surface area contributed by atoms with Crippen molar-refractivity contribution in [2.45, 2.75) is 76.0 Å². The van der Waals surface area contributed by atoms with Crippen molar-refractivity contribution in [3.63, 3.8) is 0 Å². The van der Waals surface area contributed by atoms with E-state index in [1.165, 1.54) is 0 Å². The molecule has 3 heterocycles. The minimum absolute atomic E-state index is 0.335. The fourth-order valence-electron chi connectivity index (χ4n) is 4.88. The maximum atomic E-state index is 14.8. The summed E-state index contributed by atoms with van der Waals surface area (Å²) in [6.07, 6.45) is -1.96. The molecule has 3 aliphatic rings. The third-order valence-corrected chi connectivity index (χ3v) is 9.10. The van der Waals surface area contributed by atoms with E-state index in [4.69, 9.17) is 23.5 Å². The number of nitrogens with one attached hydrogen (secondary N) is 1. The number of hydrogen-bond donors (Lipinski definition) is 1. The molecule has 5 rings (SSSR count). The van der Waals surface area contributed by atoms with E-state index in [2.05, 4.69) is 5.32 Å². The topological polar surface area (TPSA) is 75.3 Å². The van der Waals surface area contributed by atoms with Crippen molar-refractivity contribution in [1.82, 2.24) is 5.32 Å². The molecule has 0 bridgehead atoms. The van der Waals surface area contributed by atoms with Gasteiger partial charge in [-0.25, -0.2) is 0 Å². The summed E-state index contributed by atoms with van der Waals surface area (Å²) in [6, 6.07) is 19.4. The Labute approximate surface area is 195 Å². The Bertz CT molecular complexity index is 1010. The summed E-state index contributed by atoms with van der Waals surface area (Å²) in [5.41, 5.74) is 1.09. The summed E-state index contributed by atoms with van der Waals surface area (Å²) in [5, 5.41) is 4.14. The Morgan fingerprint density at radius 1 is 0.848 bits per heavy atom. The van der Waals surface area contributed by atoms with Crippen molar-refractivity contribution in [1.29, 1.82) is 0 Å². The Hall–Kier alpha value is -1.57. The van der Waals surface area contributed by atoms with Crippen LogP contribution in [0.2, 0.25) is 0 Å². The number of ether oxygens (including phenoxy) is 4. The molecule has 2 aromatic carbocycles. The second-order valence-electron chi connectivity index (χ2n) is 9.75. The first-order valence-corrected chi connectivity index (χ1v) is 13.1. The predicted octanol–water partition coefficient (Wildman–Crippen LogP) is 3.78. The van der Waals surface area contributed by atoms with Gasteiger partial charge in [-0.3, -0.25) is 9.88 Å². The molecular weight excluding hydrogens is 441 g/mol. The van der Waals surface area contributed by atoms with Crippen LogP contribution in [-0.4, -0.2) is 48.4 Å². The molecule has 0 spiro atoms. The lowest BCUT2D eigenvalue weighted by atomic mass is 10.0. The third kappa shape index (κ3) is 4.56. The second kappa shape index (κ2) is 8.58. The van der Waals surface area contributed by atoms with E-state index in [1.54, 1.807) is 0 Å². The molecule has 2 aromatic rings. The van der Waals surface area contributed by atoms with Gasteiger partial charge in [-0.1, -0.05) is 48.5 Å². The van der Waals surface area contributed by atoms with Crippen LogP contribution in [0, 0.1) is 0 Å². The molecule has 8 heteroatoms. The van der Waals surface area contributed by atoms with Crippen LogP contribution in [0.15, 0.2) is 60.7 Å². The Morgan fingerprint density at radius 2 is 1.48 bits per heavy atom. The largest absolute Gasteiger partial charge is 0.348 e. The van der Waals surface area contributed by atoms with Gasteiger partial charge in [0.2, 0.25) is 0 Å². The first-order chi connectivity index (χ1) is 15.7. The van der Waals surface area contributed by atoms with Crippen LogP contribution < -0.4 is 10.6 Å². The van der Waals surface area contributed by atoms with Crippen molar-refractivity contribution < 1.29 is 28.0 Å². The summed E-state index contributed by atoms with van der Waals surface area (Å²) in [5.74, 6) is -2.17. The summed E-state index contributed by atoms with van der Waals surface area (Å²) in [4.78, 5) is 0. The number of rotatable bonds is 5. The fraction of sp³-hybridized carbons (Fsp3) is 0.520. The molecule has 0 amide bonds. The van der Waals surface area contributed by atoms with Crippen molar-refractivity contribution >= 4 is 12.7 Å². The number of fused-ring (bicyclic) bond motifs is 1. The molecule has 178 valence electrons. The van der Waals surface area contributed by atoms with Gasteiger partial charge < -0.3 is 23.5 Å². The van der Waals surface area contributed by atoms with Crippen molar-refractivity contribution in [3.8, 4) is 0 Å². The zero-order valence-corrected chi connectivity index (χ0v) is 20.4. The average Bonchev–Trinajstić information content (AvgIpc) is 3.31. The van der Waals surface area contributed by atoms with Gasteiger partial charge >= 0.3 is 0 Å². The molecular formula is C25H32NO6P. The molecule has 1 N–H and O–H groups in total. The van der Waals surface area contributed by atoms with Crippen molar-refractivity contribution in [2.75, 3.05) is 6.61 Å². The highest BCUT2D eigenvalue weighted by molar-refractivity contribution is 7.67. The van der Waals surface area contributed by atoms with Gasteiger partial charge in [-0.2, -0.15) is 0 Å². The lowest BCUT2D eigenvalue weighted by Gasteiger charge is -2.44. The fourth-order valence-corrected chi connectivity index (χ4v) is 7.61. The van der Waals surface area contributed by atoms with E-state index in [9.17, 15) is 4.57 Å². The van der Waals surface area contributed by atoms with E-state index < -0.39 is 49.1 Å². The third-order valence-electron chi connectivity index (χ3n) is 6.31. The van der Waals surface area contributed by atoms with Crippen LogP contribution in [0.3, 0.4) is 0 Å². The summed E-state index contributed by atoms with van der Waals surface area (Å²) >= 11 is 0. The Balaban J connectivity index is 1.53. The SMILES string of the molecule is CC1(C)OCC([C@H]2O[P@](=O)(c3ccccc3)[C@@H](NCc3ccccc3)[C@H]3OC(C)(C)O[C@H]32)O1. The minimum atomic E-state index is -3.44. The van der Waals surface area contributed by atoms with Crippen LogP contribution >= 0.6 is 7.37 Å². The van der Waals surface area contributed by atoms with Gasteiger partial charge in [0, 0.05) is 11.8 Å². The zero-order chi connectivity index (χ0) is 23.3. The molecule has 7 nitrogen and oxygen atoms in total. The number of hydrogen-bond acceptors (Lipinski definition) is 7. The Kier molecular flexibility index (Phi) is 6.03. The van der Waals surface area contributed by atoms with Gasteiger partial charge in [0.1, 0.15) is 30.2 Å². The smallest absolute Gasteiger partial charge is 0.251 e. The van der Waals surface area contributed by atoms with E-state index in [0.29, 0.717) is 18.5 Å². The molecule has 6 atom stereocenters. The highest BCUT2D eigenvalue weighted by Gasteiger charge is 2.62. The van der Waals surface area contributed by atoms with E-state index in [0.717, 1.165) is 5.56 Å². The van der Waals surface area contributed by atoms with E-state index in [-0.39, 0.29) is 0 Å². The predicted molar refractivity (Wildman–Crippen MR) is 124 cm³/mol. The van der Waals surface area contributed by atoms with Crippen LogP contribution in [0.1, 0.15) is 33.3 Å². The van der Waals surface area contributed by atoms with Gasteiger partial charge in [0.05, 0.1) is 6.61 Å². The maximum Gasteiger partial charge on any atom is 0.251 e. The monoisotopic (exact) mass is 473 g/mol. The molecule has 0 aliphatic carbocycles. The zero-order valence-electron chi connectivity index (χ0n) is 19.5. The molecule has 3 aliphatic heterocycles. The molecule has 3 saturated heterocycles. The van der Waals surface area contributed by atoms with Gasteiger partial charge in [0.25, 0.3) is 7.37 Å². The highest BCUT2D eigenvalue weighted by atomic mass is 31.2. The minimum Gasteiger partial charge on any atom is -0.348 e. The van der Waals surface area contributed by atoms with Crippen LogP contribution in [0.25, 0.3) is 0 Å². The summed E-state index contributed by atoms with van der Waals surface area (Å²) in [6.45, 7) is 8.34. The lowest BCUT2D eigenvalue weighted by molar-refractivity contribution is -0.174. The highest BCUT2D eigenvalue weighted by Crippen LogP contribution is 2.60. The van der Waals surface area contributed by atoms with Crippen LogP contribution in [0.4, 0.5) is 0 Å². The van der Waals surface area contributed by atoms with E-state index in [1.807, 2.05) is 88.4 Å². The first kappa shape index (κ1) is 23.2. The normalized spacial score (nSPS) is 37.0. The van der Waals surface area contributed by atoms with Gasteiger partial charge in [-0.15, -0.1) is 0 Å². The molecule has 0 radical (unpaired) electrons. The standard InChI is InChI=1S/C25H32NO6P/c1-24(2)28-16-19(29-24)20-21-22(31-25(3,4)30-21)23(26-15-17-11-7-5-8-12-17)33(27,32-20)18-13-9-6-10-14-18/h5-14,19-23,26H,15-16H2,1-4H3/t19?,20-,21+,22+,23-,33-/m1/s1. The quantitative estimate of drug-likeness (QED) is 0.663. The molecule has 3 fully saturated rings. The van der Waals surface area contributed by atoms with Crippen molar-refractivity contribution in [3.05, 3.63) is 66.2 Å². The molecule has 0 saturated carbocycles. The summed E-state index contributed by atoms with van der Waals surface area (Å²) in [7, 11) is -3.44. The van der Waals surface area contributed by atoms with Gasteiger partial charge in [-0.05, 0) is 45.4 Å². The molecule has 1 unspecified atom stereocenters. The first-order valence-electron chi connectivity index (χ1n) is 11.5. The lowest BCUT2D eigenvalue weighted by Crippen LogP contribution is -2.58. The van der Waals surface area contributed by atoms with Gasteiger partial charge in [0.15, 0.2) is 11.6 Å². The van der Waals surface area contributed by atoms with Crippen LogP contribution in [0.5, 0.6) is 0 Å². The van der Waals surface area contributed by atoms with Crippen molar-refractivity contribution in [2.24, 2.45) is 0 Å². The molecule has 33 heavy (non-hydrogen) atoms. The molecule has 0 aromatic heterocycles. The maximum absolute atomic E-state index is 14.8. The van der Waals surface area contributed by atoms with Crippen LogP contribution in [-0.2, 0) is 34.6 Å². The average molecular weight is 474 g/mol. The van der Waals surface area contributed by atoms with E-state index >= 15 is 0 Å². The summed E-state index contributed by atoms with van der Waals surface area (Å²) < 4.78 is 45.9. The number of benzene rings is 2. The second-order valence-corrected chi connectivity index (χ2v) is 12.2. The Morgan fingerprint density at radius 3 is 2.12 bits per heavy atom.